The molecular formula is C15H19N3O. The average Bonchev–Trinajstić information content (AvgIpc) is 2.47. The minimum atomic E-state index is -0.00551. The molecule has 2 heterocycles. The van der Waals surface area contributed by atoms with Gasteiger partial charge in [-0.2, -0.15) is 0 Å². The van der Waals surface area contributed by atoms with E-state index in [-0.39, 0.29) is 5.56 Å². The number of nitrogens with zero attached hydrogens (tertiary/aromatic N) is 1. The Morgan fingerprint density at radius 1 is 1.26 bits per heavy atom. The number of aromatic nitrogens is 1. The van der Waals surface area contributed by atoms with Gasteiger partial charge >= 0.3 is 0 Å². The Kier molecular flexibility index (Phi) is 3.25. The van der Waals surface area contributed by atoms with E-state index < -0.39 is 0 Å². The molecule has 2 aromatic rings. The molecule has 100 valence electrons. The van der Waals surface area contributed by atoms with Crippen LogP contribution in [0.5, 0.6) is 0 Å². The number of aromatic amines is 1. The fourth-order valence-electron chi connectivity index (χ4n) is 2.78. The standard InChI is InChI=1S/C15H19N3O/c16-10-11-5-7-18(8-6-11)14-9-12-3-1-2-4-13(12)15(19)17-14/h1-4,9,11H,5-8,10,16H2,(H,17,19). The SMILES string of the molecule is NCC1CCN(c2cc3ccccc3c(=O)[nH]2)CC1. The lowest BCUT2D eigenvalue weighted by Gasteiger charge is -2.32. The molecule has 1 aliphatic rings. The molecule has 1 aromatic heterocycles. The van der Waals surface area contributed by atoms with Gasteiger partial charge in [0.05, 0.1) is 0 Å². The summed E-state index contributed by atoms with van der Waals surface area (Å²) in [5.74, 6) is 1.56. The van der Waals surface area contributed by atoms with E-state index in [9.17, 15) is 4.79 Å². The van der Waals surface area contributed by atoms with E-state index in [0.717, 1.165) is 49.1 Å². The molecular weight excluding hydrogens is 238 g/mol. The lowest BCUT2D eigenvalue weighted by Crippen LogP contribution is -2.37. The minimum Gasteiger partial charge on any atom is -0.358 e. The first-order valence-electron chi connectivity index (χ1n) is 6.85. The summed E-state index contributed by atoms with van der Waals surface area (Å²) >= 11 is 0. The molecule has 4 heteroatoms. The number of H-pyrrole nitrogens is 1. The van der Waals surface area contributed by atoms with E-state index in [0.29, 0.717) is 5.92 Å². The van der Waals surface area contributed by atoms with Gasteiger partial charge in [-0.15, -0.1) is 0 Å². The third-order valence-corrected chi connectivity index (χ3v) is 4.03. The number of nitrogens with two attached hydrogens (primary N) is 1. The van der Waals surface area contributed by atoms with Crippen LogP contribution in [0.1, 0.15) is 12.8 Å². The van der Waals surface area contributed by atoms with Crippen molar-refractivity contribution in [3.8, 4) is 0 Å². The topological polar surface area (TPSA) is 62.1 Å². The van der Waals surface area contributed by atoms with Crippen molar-refractivity contribution in [1.82, 2.24) is 4.98 Å². The Bertz CT molecular complexity index is 627. The summed E-state index contributed by atoms with van der Waals surface area (Å²) in [5, 5.41) is 1.75. The summed E-state index contributed by atoms with van der Waals surface area (Å²) in [6.07, 6.45) is 2.21. The maximum Gasteiger partial charge on any atom is 0.257 e. The molecule has 0 unspecified atom stereocenters. The van der Waals surface area contributed by atoms with Crippen molar-refractivity contribution in [2.24, 2.45) is 11.7 Å². The zero-order chi connectivity index (χ0) is 13.2. The first-order chi connectivity index (χ1) is 9.28. The van der Waals surface area contributed by atoms with E-state index >= 15 is 0 Å². The highest BCUT2D eigenvalue weighted by Crippen LogP contribution is 2.22. The molecule has 4 nitrogen and oxygen atoms in total. The van der Waals surface area contributed by atoms with Crippen LogP contribution in [0.3, 0.4) is 0 Å². The number of anilines is 1. The molecule has 3 N–H and O–H groups in total. The molecule has 0 amide bonds. The molecule has 0 spiro atoms. The zero-order valence-corrected chi connectivity index (χ0v) is 10.9. The Morgan fingerprint density at radius 3 is 2.74 bits per heavy atom. The van der Waals surface area contributed by atoms with Crippen LogP contribution in [-0.4, -0.2) is 24.6 Å². The number of rotatable bonds is 2. The van der Waals surface area contributed by atoms with Crippen LogP contribution in [-0.2, 0) is 0 Å². The van der Waals surface area contributed by atoms with Gasteiger partial charge in [0.15, 0.2) is 0 Å². The largest absolute Gasteiger partial charge is 0.358 e. The van der Waals surface area contributed by atoms with E-state index in [2.05, 4.69) is 16.0 Å². The number of pyridine rings is 1. The van der Waals surface area contributed by atoms with E-state index in [1.54, 1.807) is 0 Å². The Labute approximate surface area is 112 Å². The van der Waals surface area contributed by atoms with Crippen molar-refractivity contribution >= 4 is 16.6 Å². The number of piperidine rings is 1. The van der Waals surface area contributed by atoms with Gasteiger partial charge in [0.2, 0.25) is 0 Å². The van der Waals surface area contributed by atoms with Crippen LogP contribution in [0.15, 0.2) is 35.1 Å². The van der Waals surface area contributed by atoms with E-state index in [1.807, 2.05) is 24.3 Å². The van der Waals surface area contributed by atoms with Crippen molar-refractivity contribution in [2.45, 2.75) is 12.8 Å². The zero-order valence-electron chi connectivity index (χ0n) is 10.9. The van der Waals surface area contributed by atoms with Crippen LogP contribution >= 0.6 is 0 Å². The van der Waals surface area contributed by atoms with Crippen LogP contribution in [0.2, 0.25) is 0 Å². The number of benzene rings is 1. The minimum absolute atomic E-state index is 0.00551. The highest BCUT2D eigenvalue weighted by atomic mass is 16.1. The molecule has 19 heavy (non-hydrogen) atoms. The third-order valence-electron chi connectivity index (χ3n) is 4.03. The fourth-order valence-corrected chi connectivity index (χ4v) is 2.78. The molecule has 1 fully saturated rings. The number of hydrogen-bond donors (Lipinski definition) is 2. The second kappa shape index (κ2) is 5.05. The molecule has 1 saturated heterocycles. The summed E-state index contributed by atoms with van der Waals surface area (Å²) < 4.78 is 0. The second-order valence-electron chi connectivity index (χ2n) is 5.24. The van der Waals surface area contributed by atoms with Gasteiger partial charge in [-0.3, -0.25) is 4.79 Å². The highest BCUT2D eigenvalue weighted by Gasteiger charge is 2.19. The molecule has 1 aliphatic heterocycles. The van der Waals surface area contributed by atoms with Crippen LogP contribution in [0.4, 0.5) is 5.82 Å². The van der Waals surface area contributed by atoms with E-state index in [4.69, 9.17) is 5.73 Å². The van der Waals surface area contributed by atoms with Gasteiger partial charge in [0, 0.05) is 18.5 Å². The third kappa shape index (κ3) is 2.36. The normalized spacial score (nSPS) is 17.0. The summed E-state index contributed by atoms with van der Waals surface area (Å²) in [6, 6.07) is 9.77. The maximum atomic E-state index is 12.1. The van der Waals surface area contributed by atoms with Gasteiger partial charge in [-0.25, -0.2) is 0 Å². The molecule has 0 aliphatic carbocycles. The quantitative estimate of drug-likeness (QED) is 0.861. The van der Waals surface area contributed by atoms with Gasteiger partial charge in [-0.05, 0) is 42.8 Å². The second-order valence-corrected chi connectivity index (χ2v) is 5.24. The molecule has 0 atom stereocenters. The Balaban J connectivity index is 1.92. The average molecular weight is 257 g/mol. The molecule has 0 radical (unpaired) electrons. The summed E-state index contributed by atoms with van der Waals surface area (Å²) in [5.41, 5.74) is 5.70. The van der Waals surface area contributed by atoms with Gasteiger partial charge in [0.25, 0.3) is 5.56 Å². The van der Waals surface area contributed by atoms with Gasteiger partial charge in [0.1, 0.15) is 5.82 Å². The summed E-state index contributed by atoms with van der Waals surface area (Å²) in [7, 11) is 0. The molecule has 1 aromatic carbocycles. The number of fused-ring (bicyclic) bond motifs is 1. The highest BCUT2D eigenvalue weighted by molar-refractivity contribution is 5.83. The van der Waals surface area contributed by atoms with Crippen molar-refractivity contribution in [2.75, 3.05) is 24.5 Å². The van der Waals surface area contributed by atoms with Crippen LogP contribution in [0, 0.1) is 5.92 Å². The molecule has 3 rings (SSSR count). The summed E-state index contributed by atoms with van der Waals surface area (Å²) in [6.45, 7) is 2.70. The van der Waals surface area contributed by atoms with Crippen molar-refractivity contribution in [1.29, 1.82) is 0 Å². The fraction of sp³-hybridized carbons (Fsp3) is 0.400. The van der Waals surface area contributed by atoms with Gasteiger partial charge in [-0.1, -0.05) is 18.2 Å². The first kappa shape index (κ1) is 12.2. The molecule has 0 bridgehead atoms. The monoisotopic (exact) mass is 257 g/mol. The van der Waals surface area contributed by atoms with Gasteiger partial charge < -0.3 is 15.6 Å². The molecule has 0 saturated carbocycles. The maximum absolute atomic E-state index is 12.1. The van der Waals surface area contributed by atoms with Crippen LogP contribution in [0.25, 0.3) is 10.8 Å². The Hall–Kier alpha value is -1.81. The Morgan fingerprint density at radius 2 is 2.00 bits per heavy atom. The summed E-state index contributed by atoms with van der Waals surface area (Å²) in [4.78, 5) is 17.3. The lowest BCUT2D eigenvalue weighted by molar-refractivity contribution is 0.413. The smallest absolute Gasteiger partial charge is 0.257 e. The first-order valence-corrected chi connectivity index (χ1v) is 6.85. The predicted molar refractivity (Wildman–Crippen MR) is 78.6 cm³/mol. The van der Waals surface area contributed by atoms with Crippen molar-refractivity contribution in [3.05, 3.63) is 40.7 Å². The van der Waals surface area contributed by atoms with E-state index in [1.165, 1.54) is 0 Å². The number of nitrogens with one attached hydrogen (secondary N) is 1. The predicted octanol–water partition coefficient (Wildman–Crippen LogP) is 1.70. The lowest BCUT2D eigenvalue weighted by atomic mass is 9.97. The number of hydrogen-bond acceptors (Lipinski definition) is 3. The van der Waals surface area contributed by atoms with Crippen molar-refractivity contribution in [3.63, 3.8) is 0 Å². The van der Waals surface area contributed by atoms with Crippen LogP contribution < -0.4 is 16.2 Å². The van der Waals surface area contributed by atoms with Crippen molar-refractivity contribution < 1.29 is 0 Å².